The molecule has 1 atom stereocenters. The average molecular weight is 373 g/mol. The number of amides is 1. The maximum atomic E-state index is 12.7. The predicted molar refractivity (Wildman–Crippen MR) is 98.8 cm³/mol. The third kappa shape index (κ3) is 4.45. The van der Waals surface area contributed by atoms with E-state index in [0.717, 1.165) is 18.4 Å². The molecule has 27 heavy (non-hydrogen) atoms. The number of hydrogen-bond donors (Lipinski definition) is 0. The molecule has 4 nitrogen and oxygen atoms in total. The number of carbonyl (C=O) groups is 1. The Morgan fingerprint density at radius 2 is 1.96 bits per heavy atom. The van der Waals surface area contributed by atoms with Crippen LogP contribution in [0.15, 0.2) is 54.6 Å². The van der Waals surface area contributed by atoms with Crippen molar-refractivity contribution in [2.24, 2.45) is 0 Å². The quantitative estimate of drug-likeness (QED) is 0.691. The second kappa shape index (κ2) is 8.66. The molecule has 142 valence electrons. The van der Waals surface area contributed by atoms with Crippen LogP contribution in [0.1, 0.15) is 30.0 Å². The summed E-state index contributed by atoms with van der Waals surface area (Å²) in [4.78, 5) is 14.5. The molecule has 1 aliphatic rings. The summed E-state index contributed by atoms with van der Waals surface area (Å²) in [6.45, 7) is -2.31. The summed E-state index contributed by atoms with van der Waals surface area (Å²) in [6, 6.07) is 14.7. The molecule has 2 aromatic rings. The molecule has 0 radical (unpaired) electrons. The van der Waals surface area contributed by atoms with E-state index in [0.29, 0.717) is 12.1 Å². The molecule has 2 aromatic carbocycles. The standard InChI is InChI=1S/C21H21F2NO3/c1-26-18-11-5-9-16(20(18)27-21(22)23)12-13-19(25)24-14-6-10-17(24)15-7-3-2-4-8-15/h2-5,7-9,11-13,17,21H,6,10,14H2,1H3/b13-12+/t17-/m1/s1. The van der Waals surface area contributed by atoms with Crippen LogP contribution in [0.3, 0.4) is 0 Å². The van der Waals surface area contributed by atoms with Crippen molar-refractivity contribution in [3.8, 4) is 11.5 Å². The number of para-hydroxylation sites is 1. The van der Waals surface area contributed by atoms with Crippen LogP contribution >= 0.6 is 0 Å². The zero-order chi connectivity index (χ0) is 19.2. The van der Waals surface area contributed by atoms with Gasteiger partial charge in [-0.25, -0.2) is 0 Å². The number of carbonyl (C=O) groups excluding carboxylic acids is 1. The minimum atomic E-state index is -2.98. The van der Waals surface area contributed by atoms with Crippen molar-refractivity contribution in [1.82, 2.24) is 4.90 Å². The van der Waals surface area contributed by atoms with Crippen LogP contribution in [0.25, 0.3) is 6.08 Å². The van der Waals surface area contributed by atoms with Gasteiger partial charge >= 0.3 is 6.61 Å². The van der Waals surface area contributed by atoms with Crippen molar-refractivity contribution in [3.63, 3.8) is 0 Å². The Balaban J connectivity index is 1.80. The van der Waals surface area contributed by atoms with E-state index in [1.54, 1.807) is 17.0 Å². The largest absolute Gasteiger partial charge is 0.493 e. The van der Waals surface area contributed by atoms with Gasteiger partial charge in [-0.05, 0) is 30.5 Å². The highest BCUT2D eigenvalue weighted by molar-refractivity contribution is 5.92. The first-order chi connectivity index (χ1) is 13.1. The number of likely N-dealkylation sites (tertiary alicyclic amines) is 1. The number of nitrogens with zero attached hydrogens (tertiary/aromatic N) is 1. The Labute approximate surface area is 157 Å². The fourth-order valence-corrected chi connectivity index (χ4v) is 3.35. The molecule has 1 aliphatic heterocycles. The summed E-state index contributed by atoms with van der Waals surface area (Å²) >= 11 is 0. The number of methoxy groups -OCH3 is 1. The van der Waals surface area contributed by atoms with Crippen molar-refractivity contribution in [1.29, 1.82) is 0 Å². The first kappa shape index (κ1) is 18.9. The molecule has 3 rings (SSSR count). The number of benzene rings is 2. The van der Waals surface area contributed by atoms with Crippen LogP contribution in [0.2, 0.25) is 0 Å². The lowest BCUT2D eigenvalue weighted by atomic mass is 10.0. The smallest absolute Gasteiger partial charge is 0.387 e. The van der Waals surface area contributed by atoms with E-state index in [1.165, 1.54) is 25.3 Å². The molecule has 0 aromatic heterocycles. The van der Waals surface area contributed by atoms with E-state index in [-0.39, 0.29) is 23.4 Å². The van der Waals surface area contributed by atoms with E-state index in [1.807, 2.05) is 30.3 Å². The number of halogens is 2. The van der Waals surface area contributed by atoms with Crippen LogP contribution in [0.4, 0.5) is 8.78 Å². The Morgan fingerprint density at radius 1 is 1.19 bits per heavy atom. The third-order valence-corrected chi connectivity index (χ3v) is 4.56. The summed E-state index contributed by atoms with van der Waals surface area (Å²) in [7, 11) is 1.38. The van der Waals surface area contributed by atoms with Gasteiger partial charge in [-0.2, -0.15) is 8.78 Å². The topological polar surface area (TPSA) is 38.8 Å². The fraction of sp³-hybridized carbons (Fsp3) is 0.286. The molecule has 0 saturated carbocycles. The Bertz CT molecular complexity index is 808. The SMILES string of the molecule is COc1cccc(/C=C/C(=O)N2CCC[C@@H]2c2ccccc2)c1OC(F)F. The van der Waals surface area contributed by atoms with Gasteiger partial charge in [0, 0.05) is 18.2 Å². The minimum absolute atomic E-state index is 0.0328. The molecular formula is C21H21F2NO3. The average Bonchev–Trinajstić information content (AvgIpc) is 3.17. The monoisotopic (exact) mass is 373 g/mol. The second-order valence-corrected chi connectivity index (χ2v) is 6.19. The van der Waals surface area contributed by atoms with Crippen LogP contribution in [0, 0.1) is 0 Å². The number of ether oxygens (including phenoxy) is 2. The van der Waals surface area contributed by atoms with E-state index < -0.39 is 6.61 Å². The van der Waals surface area contributed by atoms with E-state index >= 15 is 0 Å². The highest BCUT2D eigenvalue weighted by Gasteiger charge is 2.28. The van der Waals surface area contributed by atoms with Crippen LogP contribution in [-0.2, 0) is 4.79 Å². The summed E-state index contributed by atoms with van der Waals surface area (Å²) in [5.74, 6) is -0.0551. The zero-order valence-electron chi connectivity index (χ0n) is 15.0. The van der Waals surface area contributed by atoms with Crippen LogP contribution in [0.5, 0.6) is 11.5 Å². The highest BCUT2D eigenvalue weighted by atomic mass is 19.3. The first-order valence-electron chi connectivity index (χ1n) is 8.75. The van der Waals surface area contributed by atoms with Gasteiger partial charge in [0.1, 0.15) is 0 Å². The summed E-state index contributed by atoms with van der Waals surface area (Å²) in [6.07, 6.45) is 4.72. The Morgan fingerprint density at radius 3 is 2.67 bits per heavy atom. The van der Waals surface area contributed by atoms with Gasteiger partial charge < -0.3 is 14.4 Å². The number of hydrogen-bond acceptors (Lipinski definition) is 3. The van der Waals surface area contributed by atoms with Crippen LogP contribution < -0.4 is 9.47 Å². The third-order valence-electron chi connectivity index (χ3n) is 4.56. The predicted octanol–water partition coefficient (Wildman–Crippen LogP) is 4.67. The molecule has 0 spiro atoms. The lowest BCUT2D eigenvalue weighted by molar-refractivity contribution is -0.126. The molecule has 6 heteroatoms. The molecule has 1 amide bonds. The van der Waals surface area contributed by atoms with Gasteiger partial charge in [0.05, 0.1) is 13.2 Å². The second-order valence-electron chi connectivity index (χ2n) is 6.19. The minimum Gasteiger partial charge on any atom is -0.493 e. The molecular weight excluding hydrogens is 352 g/mol. The fourth-order valence-electron chi connectivity index (χ4n) is 3.35. The van der Waals surface area contributed by atoms with Gasteiger partial charge in [-0.3, -0.25) is 4.79 Å². The Kier molecular flexibility index (Phi) is 6.06. The molecule has 0 aliphatic carbocycles. The van der Waals surface area contributed by atoms with Crippen molar-refractivity contribution in [2.75, 3.05) is 13.7 Å². The Hall–Kier alpha value is -2.89. The van der Waals surface area contributed by atoms with Gasteiger partial charge in [0.2, 0.25) is 5.91 Å². The van der Waals surface area contributed by atoms with Gasteiger partial charge in [0.15, 0.2) is 11.5 Å². The molecule has 1 saturated heterocycles. The number of rotatable bonds is 6. The zero-order valence-corrected chi connectivity index (χ0v) is 15.0. The van der Waals surface area contributed by atoms with Crippen molar-refractivity contribution in [3.05, 3.63) is 65.7 Å². The van der Waals surface area contributed by atoms with Crippen LogP contribution in [-0.4, -0.2) is 31.1 Å². The van der Waals surface area contributed by atoms with Gasteiger partial charge in [-0.1, -0.05) is 42.5 Å². The maximum Gasteiger partial charge on any atom is 0.387 e. The van der Waals surface area contributed by atoms with Crippen molar-refractivity contribution < 1.29 is 23.0 Å². The summed E-state index contributed by atoms with van der Waals surface area (Å²) < 4.78 is 35.1. The van der Waals surface area contributed by atoms with Crippen molar-refractivity contribution >= 4 is 12.0 Å². The summed E-state index contributed by atoms with van der Waals surface area (Å²) in [5, 5.41) is 0. The number of alkyl halides is 2. The van der Waals surface area contributed by atoms with E-state index in [4.69, 9.17) is 4.74 Å². The van der Waals surface area contributed by atoms with E-state index in [2.05, 4.69) is 4.74 Å². The normalized spacial score (nSPS) is 16.9. The molecule has 0 bridgehead atoms. The molecule has 1 fully saturated rings. The van der Waals surface area contributed by atoms with Gasteiger partial charge in [-0.15, -0.1) is 0 Å². The molecule has 0 N–H and O–H groups in total. The maximum absolute atomic E-state index is 12.7. The lowest BCUT2D eigenvalue weighted by Crippen LogP contribution is -2.28. The first-order valence-corrected chi connectivity index (χ1v) is 8.75. The highest BCUT2D eigenvalue weighted by Crippen LogP contribution is 2.34. The van der Waals surface area contributed by atoms with E-state index in [9.17, 15) is 13.6 Å². The summed E-state index contributed by atoms with van der Waals surface area (Å²) in [5.41, 5.74) is 1.46. The molecule has 1 heterocycles. The van der Waals surface area contributed by atoms with Gasteiger partial charge in [0.25, 0.3) is 0 Å². The van der Waals surface area contributed by atoms with Crippen molar-refractivity contribution in [2.45, 2.75) is 25.5 Å². The lowest BCUT2D eigenvalue weighted by Gasteiger charge is -2.23. The molecule has 0 unspecified atom stereocenters.